The minimum Gasteiger partial charge on any atom is -0.469 e. The minimum atomic E-state index is -0.380. The maximum atomic E-state index is 11.6. The van der Waals surface area contributed by atoms with Gasteiger partial charge in [-0.3, -0.25) is 14.4 Å². The van der Waals surface area contributed by atoms with E-state index in [1.54, 1.807) is 0 Å². The standard InChI is InChI=1S/C13H18N2O4/c1-19-12(17)5-3-2-4-7-15-13(18)10-9-14-8-6-11(10)16/h6,8-9H,2-5,7H2,1H3,(H,14,16)(H,15,18). The molecule has 1 amide bonds. The highest BCUT2D eigenvalue weighted by Gasteiger charge is 2.08. The van der Waals surface area contributed by atoms with E-state index in [0.717, 1.165) is 19.3 Å². The number of amides is 1. The Labute approximate surface area is 111 Å². The molecule has 0 unspecified atom stereocenters. The molecule has 104 valence electrons. The number of carbonyl (C=O) groups excluding carboxylic acids is 2. The van der Waals surface area contributed by atoms with Crippen molar-refractivity contribution in [3.63, 3.8) is 0 Å². The van der Waals surface area contributed by atoms with Crippen molar-refractivity contribution in [2.75, 3.05) is 13.7 Å². The van der Waals surface area contributed by atoms with Crippen molar-refractivity contribution >= 4 is 11.9 Å². The zero-order valence-electron chi connectivity index (χ0n) is 10.9. The van der Waals surface area contributed by atoms with Crippen LogP contribution in [-0.2, 0) is 9.53 Å². The van der Waals surface area contributed by atoms with E-state index in [2.05, 4.69) is 15.0 Å². The van der Waals surface area contributed by atoms with Crippen molar-refractivity contribution in [1.29, 1.82) is 0 Å². The van der Waals surface area contributed by atoms with Gasteiger partial charge in [-0.2, -0.15) is 0 Å². The molecule has 0 saturated heterocycles. The van der Waals surface area contributed by atoms with Crippen LogP contribution in [0.5, 0.6) is 0 Å². The molecule has 6 nitrogen and oxygen atoms in total. The fraction of sp³-hybridized carbons (Fsp3) is 0.462. The predicted octanol–water partition coefficient (Wildman–Crippen LogP) is 0.838. The van der Waals surface area contributed by atoms with Gasteiger partial charge < -0.3 is 15.0 Å². The van der Waals surface area contributed by atoms with Gasteiger partial charge >= 0.3 is 5.97 Å². The van der Waals surface area contributed by atoms with Crippen molar-refractivity contribution in [3.05, 3.63) is 34.2 Å². The smallest absolute Gasteiger partial charge is 0.305 e. The number of unbranched alkanes of at least 4 members (excludes halogenated alkanes) is 2. The molecule has 1 rings (SSSR count). The topological polar surface area (TPSA) is 88.3 Å². The lowest BCUT2D eigenvalue weighted by atomic mass is 10.2. The quantitative estimate of drug-likeness (QED) is 0.565. The second kappa shape index (κ2) is 8.07. The van der Waals surface area contributed by atoms with Crippen LogP contribution in [0.2, 0.25) is 0 Å². The van der Waals surface area contributed by atoms with Gasteiger partial charge in [-0.1, -0.05) is 6.42 Å². The Morgan fingerprint density at radius 3 is 2.79 bits per heavy atom. The summed E-state index contributed by atoms with van der Waals surface area (Å²) in [6, 6.07) is 1.31. The minimum absolute atomic E-state index is 0.108. The van der Waals surface area contributed by atoms with Gasteiger partial charge in [0.15, 0.2) is 5.43 Å². The van der Waals surface area contributed by atoms with E-state index in [9.17, 15) is 14.4 Å². The number of hydrogen-bond donors (Lipinski definition) is 2. The first kappa shape index (κ1) is 14.9. The Morgan fingerprint density at radius 2 is 2.11 bits per heavy atom. The third kappa shape index (κ3) is 5.37. The van der Waals surface area contributed by atoms with E-state index in [0.29, 0.717) is 13.0 Å². The van der Waals surface area contributed by atoms with E-state index in [1.165, 1.54) is 25.6 Å². The number of carbonyl (C=O) groups is 2. The summed E-state index contributed by atoms with van der Waals surface area (Å²) in [5, 5.41) is 2.67. The fourth-order valence-corrected chi connectivity index (χ4v) is 1.56. The molecule has 0 aliphatic heterocycles. The summed E-state index contributed by atoms with van der Waals surface area (Å²) in [5.74, 6) is -0.602. The third-order valence-electron chi connectivity index (χ3n) is 2.64. The number of aromatic nitrogens is 1. The first-order valence-corrected chi connectivity index (χ1v) is 6.17. The summed E-state index contributed by atoms with van der Waals surface area (Å²) >= 11 is 0. The number of nitrogens with one attached hydrogen (secondary N) is 2. The lowest BCUT2D eigenvalue weighted by Crippen LogP contribution is -2.29. The molecule has 1 aromatic rings. The Morgan fingerprint density at radius 1 is 1.32 bits per heavy atom. The molecule has 0 aromatic carbocycles. The van der Waals surface area contributed by atoms with Crippen molar-refractivity contribution in [3.8, 4) is 0 Å². The normalized spacial score (nSPS) is 9.95. The summed E-state index contributed by atoms with van der Waals surface area (Å²) in [6.45, 7) is 0.480. The van der Waals surface area contributed by atoms with E-state index < -0.39 is 0 Å². The molecule has 0 atom stereocenters. The molecule has 1 heterocycles. The van der Waals surface area contributed by atoms with Crippen LogP contribution in [0.4, 0.5) is 0 Å². The molecule has 0 aliphatic rings. The lowest BCUT2D eigenvalue weighted by Gasteiger charge is -2.04. The van der Waals surface area contributed by atoms with Crippen molar-refractivity contribution in [2.24, 2.45) is 0 Å². The molecule has 0 fully saturated rings. The summed E-state index contributed by atoms with van der Waals surface area (Å²) < 4.78 is 4.52. The van der Waals surface area contributed by atoms with E-state index in [4.69, 9.17) is 0 Å². The van der Waals surface area contributed by atoms with Crippen molar-refractivity contribution in [2.45, 2.75) is 25.7 Å². The van der Waals surface area contributed by atoms with Gasteiger partial charge in [0.25, 0.3) is 5.91 Å². The number of methoxy groups -OCH3 is 1. The summed E-state index contributed by atoms with van der Waals surface area (Å²) in [4.78, 5) is 36.6. The monoisotopic (exact) mass is 266 g/mol. The second-order valence-electron chi connectivity index (χ2n) is 4.06. The first-order valence-electron chi connectivity index (χ1n) is 6.17. The van der Waals surface area contributed by atoms with Gasteiger partial charge in [0.2, 0.25) is 0 Å². The highest BCUT2D eigenvalue weighted by molar-refractivity contribution is 5.93. The molecule has 0 bridgehead atoms. The molecular weight excluding hydrogens is 248 g/mol. The number of pyridine rings is 1. The second-order valence-corrected chi connectivity index (χ2v) is 4.06. The van der Waals surface area contributed by atoms with Crippen LogP contribution in [0.15, 0.2) is 23.3 Å². The molecule has 0 spiro atoms. The average Bonchev–Trinajstić information content (AvgIpc) is 2.42. The molecule has 2 N–H and O–H groups in total. The van der Waals surface area contributed by atoms with Crippen LogP contribution in [0.3, 0.4) is 0 Å². The average molecular weight is 266 g/mol. The number of H-pyrrole nitrogens is 1. The number of hydrogen-bond acceptors (Lipinski definition) is 4. The summed E-state index contributed by atoms with van der Waals surface area (Å²) in [5.41, 5.74) is -0.195. The zero-order chi connectivity index (χ0) is 14.1. The third-order valence-corrected chi connectivity index (χ3v) is 2.64. The lowest BCUT2D eigenvalue weighted by molar-refractivity contribution is -0.140. The molecule has 0 radical (unpaired) electrons. The predicted molar refractivity (Wildman–Crippen MR) is 69.9 cm³/mol. The van der Waals surface area contributed by atoms with Crippen molar-refractivity contribution in [1.82, 2.24) is 10.3 Å². The fourth-order valence-electron chi connectivity index (χ4n) is 1.56. The van der Waals surface area contributed by atoms with Crippen molar-refractivity contribution < 1.29 is 14.3 Å². The Balaban J connectivity index is 2.20. The maximum Gasteiger partial charge on any atom is 0.305 e. The van der Waals surface area contributed by atoms with Gasteiger partial charge in [-0.15, -0.1) is 0 Å². The SMILES string of the molecule is COC(=O)CCCCCNC(=O)c1c[nH]ccc1=O. The molecule has 1 aromatic heterocycles. The molecule has 0 aliphatic carbocycles. The van der Waals surface area contributed by atoms with Crippen LogP contribution in [0, 0.1) is 0 Å². The molecule has 6 heteroatoms. The number of esters is 1. The van der Waals surface area contributed by atoms with Crippen LogP contribution >= 0.6 is 0 Å². The highest BCUT2D eigenvalue weighted by Crippen LogP contribution is 2.00. The van der Waals surface area contributed by atoms with E-state index >= 15 is 0 Å². The number of rotatable bonds is 7. The Hall–Kier alpha value is -2.11. The highest BCUT2D eigenvalue weighted by atomic mass is 16.5. The van der Waals surface area contributed by atoms with Crippen LogP contribution in [0.1, 0.15) is 36.0 Å². The van der Waals surface area contributed by atoms with Gasteiger partial charge in [0.1, 0.15) is 5.56 Å². The molecular formula is C13H18N2O4. The van der Waals surface area contributed by atoms with Crippen LogP contribution < -0.4 is 10.7 Å². The van der Waals surface area contributed by atoms with Gasteiger partial charge in [-0.05, 0) is 12.8 Å². The summed E-state index contributed by atoms with van der Waals surface area (Å²) in [6.07, 6.45) is 5.56. The van der Waals surface area contributed by atoms with Gasteiger partial charge in [0, 0.05) is 31.4 Å². The summed E-state index contributed by atoms with van der Waals surface area (Å²) in [7, 11) is 1.36. The molecule has 19 heavy (non-hydrogen) atoms. The van der Waals surface area contributed by atoms with E-state index in [1.807, 2.05) is 0 Å². The van der Waals surface area contributed by atoms with Crippen LogP contribution in [-0.4, -0.2) is 30.5 Å². The van der Waals surface area contributed by atoms with Crippen LogP contribution in [0.25, 0.3) is 0 Å². The zero-order valence-corrected chi connectivity index (χ0v) is 10.9. The Kier molecular flexibility index (Phi) is 6.35. The maximum absolute atomic E-state index is 11.6. The Bertz CT molecular complexity index is 482. The first-order chi connectivity index (χ1) is 9.15. The number of aromatic amines is 1. The largest absolute Gasteiger partial charge is 0.469 e. The van der Waals surface area contributed by atoms with E-state index in [-0.39, 0.29) is 22.9 Å². The van der Waals surface area contributed by atoms with Gasteiger partial charge in [0.05, 0.1) is 7.11 Å². The van der Waals surface area contributed by atoms with Gasteiger partial charge in [-0.25, -0.2) is 0 Å². The molecule has 0 saturated carbocycles. The number of ether oxygens (including phenoxy) is 1.